The molecule has 1 aliphatic rings. The minimum atomic E-state index is -1.06. The lowest BCUT2D eigenvalue weighted by Gasteiger charge is -2.39. The summed E-state index contributed by atoms with van der Waals surface area (Å²) in [5.41, 5.74) is 3.67. The monoisotopic (exact) mass is 423 g/mol. The molecule has 1 aliphatic heterocycles. The first-order valence-electron chi connectivity index (χ1n) is 10.4. The van der Waals surface area contributed by atoms with Gasteiger partial charge < -0.3 is 14.0 Å². The number of halogens is 1. The molecule has 6 nitrogen and oxygen atoms in total. The smallest absolute Gasteiger partial charge is 0.331 e. The second-order valence-corrected chi connectivity index (χ2v) is 8.73. The second-order valence-electron chi connectivity index (χ2n) is 8.73. The van der Waals surface area contributed by atoms with Crippen LogP contribution >= 0.6 is 0 Å². The minimum absolute atomic E-state index is 0.161. The van der Waals surface area contributed by atoms with Crippen LogP contribution in [0.4, 0.5) is 4.39 Å². The molecule has 3 aromatic rings. The molecular weight excluding hydrogens is 397 g/mol. The van der Waals surface area contributed by atoms with Crippen LogP contribution in [-0.2, 0) is 9.53 Å². The van der Waals surface area contributed by atoms with E-state index >= 15 is 0 Å². The van der Waals surface area contributed by atoms with E-state index in [0.717, 1.165) is 22.4 Å². The van der Waals surface area contributed by atoms with Crippen molar-refractivity contribution in [2.24, 2.45) is 0 Å². The van der Waals surface area contributed by atoms with Crippen molar-refractivity contribution in [2.45, 2.75) is 46.1 Å². The Morgan fingerprint density at radius 3 is 2.55 bits per heavy atom. The van der Waals surface area contributed by atoms with E-state index in [4.69, 9.17) is 4.74 Å². The van der Waals surface area contributed by atoms with Crippen LogP contribution in [0.15, 0.2) is 36.5 Å². The molecule has 4 rings (SSSR count). The number of morpholine rings is 1. The van der Waals surface area contributed by atoms with Crippen molar-refractivity contribution in [2.75, 3.05) is 13.2 Å². The zero-order valence-corrected chi connectivity index (χ0v) is 18.4. The number of esters is 1. The molecule has 1 amide bonds. The van der Waals surface area contributed by atoms with Gasteiger partial charge in [-0.3, -0.25) is 4.79 Å². The molecule has 0 saturated carbocycles. The Balaban J connectivity index is 1.85. The van der Waals surface area contributed by atoms with E-state index in [2.05, 4.69) is 24.9 Å². The molecule has 2 aromatic heterocycles. The average Bonchev–Trinajstić information content (AvgIpc) is 3.16. The topological polar surface area (TPSA) is 63.9 Å². The zero-order chi connectivity index (χ0) is 22.5. The zero-order valence-electron chi connectivity index (χ0n) is 18.4. The fourth-order valence-electron chi connectivity index (χ4n) is 4.03. The Kier molecular flexibility index (Phi) is 5.07. The maximum absolute atomic E-state index is 13.4. The van der Waals surface area contributed by atoms with Crippen LogP contribution in [-0.4, -0.2) is 44.9 Å². The van der Waals surface area contributed by atoms with Crippen molar-refractivity contribution in [3.05, 3.63) is 59.3 Å². The first-order chi connectivity index (χ1) is 14.6. The van der Waals surface area contributed by atoms with E-state index in [1.54, 1.807) is 32.2 Å². The maximum atomic E-state index is 13.4. The summed E-state index contributed by atoms with van der Waals surface area (Å²) in [5, 5.41) is 0. The SMILES string of the molecule is Cc1c(-c2ccc(F)cc2)cc(C(C)C)c2nc(C(=O)N3CCOC(=O)C3(C)C)cn12. The second kappa shape index (κ2) is 7.48. The maximum Gasteiger partial charge on any atom is 0.331 e. The molecular formula is C24H26FN3O3. The molecule has 0 atom stereocenters. The first-order valence-corrected chi connectivity index (χ1v) is 10.4. The Hall–Kier alpha value is -3.22. The van der Waals surface area contributed by atoms with Crippen LogP contribution in [0.25, 0.3) is 16.8 Å². The lowest BCUT2D eigenvalue weighted by Crippen LogP contribution is -2.58. The van der Waals surface area contributed by atoms with Gasteiger partial charge in [-0.25, -0.2) is 14.2 Å². The molecule has 0 aliphatic carbocycles. The number of hydrogen-bond acceptors (Lipinski definition) is 4. The molecule has 31 heavy (non-hydrogen) atoms. The van der Waals surface area contributed by atoms with Crippen molar-refractivity contribution >= 4 is 17.5 Å². The van der Waals surface area contributed by atoms with E-state index in [9.17, 15) is 14.0 Å². The summed E-state index contributed by atoms with van der Waals surface area (Å²) >= 11 is 0. The predicted molar refractivity (Wildman–Crippen MR) is 115 cm³/mol. The molecule has 1 aromatic carbocycles. The molecule has 3 heterocycles. The molecule has 1 saturated heterocycles. The summed E-state index contributed by atoms with van der Waals surface area (Å²) in [5.74, 6) is -0.852. The summed E-state index contributed by atoms with van der Waals surface area (Å²) in [6.45, 7) is 9.94. The van der Waals surface area contributed by atoms with Crippen molar-refractivity contribution < 1.29 is 18.7 Å². The molecule has 7 heteroatoms. The van der Waals surface area contributed by atoms with Crippen LogP contribution in [0, 0.1) is 12.7 Å². The molecule has 0 unspecified atom stereocenters. The van der Waals surface area contributed by atoms with Gasteiger partial charge in [0.1, 0.15) is 29.3 Å². The Morgan fingerprint density at radius 1 is 1.23 bits per heavy atom. The first kappa shape index (κ1) is 21.0. The number of aryl methyl sites for hydroxylation is 1. The molecule has 0 spiro atoms. The standard InChI is InChI=1S/C24H26FN3O3/c1-14(2)18-12-19(16-6-8-17(25)9-7-16)15(3)27-13-20(26-21(18)27)22(29)28-10-11-31-23(30)24(28,4)5/h6-9,12-14H,10-11H2,1-5H3. The van der Waals surface area contributed by atoms with Gasteiger partial charge in [-0.05, 0) is 56.0 Å². The van der Waals surface area contributed by atoms with Crippen LogP contribution < -0.4 is 0 Å². The van der Waals surface area contributed by atoms with Gasteiger partial charge in [-0.1, -0.05) is 26.0 Å². The molecule has 0 bridgehead atoms. The number of cyclic esters (lactones) is 1. The van der Waals surface area contributed by atoms with E-state index in [1.165, 1.54) is 17.0 Å². The molecule has 0 radical (unpaired) electrons. The number of aromatic nitrogens is 2. The van der Waals surface area contributed by atoms with Crippen molar-refractivity contribution in [1.29, 1.82) is 0 Å². The van der Waals surface area contributed by atoms with Gasteiger partial charge in [-0.2, -0.15) is 0 Å². The number of amides is 1. The van der Waals surface area contributed by atoms with E-state index < -0.39 is 11.5 Å². The Labute approximate surface area is 180 Å². The summed E-state index contributed by atoms with van der Waals surface area (Å²) in [7, 11) is 0. The van der Waals surface area contributed by atoms with Crippen LogP contribution in [0.3, 0.4) is 0 Å². The van der Waals surface area contributed by atoms with Gasteiger partial charge in [0.05, 0.1) is 6.54 Å². The minimum Gasteiger partial charge on any atom is -0.462 e. The number of nitrogens with zero attached hydrogens (tertiary/aromatic N) is 3. The normalized spacial score (nSPS) is 16.1. The Morgan fingerprint density at radius 2 is 1.90 bits per heavy atom. The highest BCUT2D eigenvalue weighted by Gasteiger charge is 2.43. The number of ether oxygens (including phenoxy) is 1. The lowest BCUT2D eigenvalue weighted by atomic mass is 9.97. The third kappa shape index (κ3) is 3.48. The fraction of sp³-hybridized carbons (Fsp3) is 0.375. The molecule has 0 N–H and O–H groups in total. The number of carbonyl (C=O) groups is 2. The number of fused-ring (bicyclic) bond motifs is 1. The van der Waals surface area contributed by atoms with Gasteiger partial charge in [0, 0.05) is 17.5 Å². The number of carbonyl (C=O) groups excluding carboxylic acids is 2. The summed E-state index contributed by atoms with van der Waals surface area (Å²) < 4.78 is 20.5. The number of benzene rings is 1. The van der Waals surface area contributed by atoms with Crippen molar-refractivity contribution in [3.8, 4) is 11.1 Å². The summed E-state index contributed by atoms with van der Waals surface area (Å²) in [6.07, 6.45) is 1.72. The van der Waals surface area contributed by atoms with E-state index in [1.807, 2.05) is 11.3 Å². The van der Waals surface area contributed by atoms with E-state index in [0.29, 0.717) is 12.2 Å². The lowest BCUT2D eigenvalue weighted by molar-refractivity contribution is -0.162. The van der Waals surface area contributed by atoms with Crippen molar-refractivity contribution in [3.63, 3.8) is 0 Å². The van der Waals surface area contributed by atoms with Gasteiger partial charge >= 0.3 is 5.97 Å². The molecule has 162 valence electrons. The third-order valence-electron chi connectivity index (χ3n) is 5.98. The fourth-order valence-corrected chi connectivity index (χ4v) is 4.03. The summed E-state index contributed by atoms with van der Waals surface area (Å²) in [6, 6.07) is 8.44. The third-order valence-corrected chi connectivity index (χ3v) is 5.98. The number of pyridine rings is 1. The highest BCUT2D eigenvalue weighted by molar-refractivity contribution is 5.97. The van der Waals surface area contributed by atoms with Crippen LogP contribution in [0.1, 0.15) is 55.4 Å². The Bertz CT molecular complexity index is 1180. The van der Waals surface area contributed by atoms with Gasteiger partial charge in [0.25, 0.3) is 5.91 Å². The van der Waals surface area contributed by atoms with Gasteiger partial charge in [0.2, 0.25) is 0 Å². The molecule has 1 fully saturated rings. The van der Waals surface area contributed by atoms with E-state index in [-0.39, 0.29) is 29.9 Å². The number of rotatable bonds is 3. The number of hydrogen-bond donors (Lipinski definition) is 0. The van der Waals surface area contributed by atoms with Gasteiger partial charge in [-0.15, -0.1) is 0 Å². The van der Waals surface area contributed by atoms with Crippen molar-refractivity contribution in [1.82, 2.24) is 14.3 Å². The largest absolute Gasteiger partial charge is 0.462 e. The number of imidazole rings is 1. The highest BCUT2D eigenvalue weighted by Crippen LogP contribution is 2.32. The van der Waals surface area contributed by atoms with Crippen LogP contribution in [0.2, 0.25) is 0 Å². The van der Waals surface area contributed by atoms with Crippen LogP contribution in [0.5, 0.6) is 0 Å². The predicted octanol–water partition coefficient (Wildman–Crippen LogP) is 4.35. The summed E-state index contributed by atoms with van der Waals surface area (Å²) in [4.78, 5) is 31.7. The quantitative estimate of drug-likeness (QED) is 0.588. The highest BCUT2D eigenvalue weighted by atomic mass is 19.1. The van der Waals surface area contributed by atoms with Gasteiger partial charge in [0.15, 0.2) is 0 Å². The average molecular weight is 423 g/mol.